The Kier molecular flexibility index (Phi) is 4.43. The first-order valence-electron chi connectivity index (χ1n) is 4.97. The Morgan fingerprint density at radius 1 is 1.14 bits per heavy atom. The van der Waals surface area contributed by atoms with Crippen molar-refractivity contribution in [2.24, 2.45) is 5.90 Å². The standard InChI is InChI=1S/C11H18N2O/c1-3-13(4-2)11-7-5-10(6-8-11)9-14-12/h5-8H,3-4,9,12H2,1-2H3. The van der Waals surface area contributed by atoms with E-state index in [2.05, 4.69) is 35.7 Å². The molecule has 0 heterocycles. The van der Waals surface area contributed by atoms with Gasteiger partial charge in [0, 0.05) is 18.8 Å². The Labute approximate surface area is 85.4 Å². The minimum Gasteiger partial charge on any atom is -0.372 e. The van der Waals surface area contributed by atoms with Crippen LogP contribution in [0.5, 0.6) is 0 Å². The normalized spacial score (nSPS) is 10.2. The van der Waals surface area contributed by atoms with Crippen molar-refractivity contribution in [3.8, 4) is 0 Å². The quantitative estimate of drug-likeness (QED) is 0.728. The topological polar surface area (TPSA) is 38.5 Å². The number of nitrogens with zero attached hydrogens (tertiary/aromatic N) is 1. The lowest BCUT2D eigenvalue weighted by atomic mass is 10.2. The van der Waals surface area contributed by atoms with Gasteiger partial charge in [-0.3, -0.25) is 4.84 Å². The summed E-state index contributed by atoms with van der Waals surface area (Å²) in [7, 11) is 0. The number of hydrogen-bond acceptors (Lipinski definition) is 3. The van der Waals surface area contributed by atoms with Crippen LogP contribution in [0.1, 0.15) is 19.4 Å². The summed E-state index contributed by atoms with van der Waals surface area (Å²) in [6.07, 6.45) is 0. The first-order chi connectivity index (χ1) is 6.81. The minimum atomic E-state index is 0.471. The van der Waals surface area contributed by atoms with Gasteiger partial charge in [-0.2, -0.15) is 0 Å². The van der Waals surface area contributed by atoms with Crippen LogP contribution in [0, 0.1) is 0 Å². The van der Waals surface area contributed by atoms with Crippen LogP contribution in [0.15, 0.2) is 24.3 Å². The molecule has 14 heavy (non-hydrogen) atoms. The summed E-state index contributed by atoms with van der Waals surface area (Å²) in [5.74, 6) is 5.00. The van der Waals surface area contributed by atoms with Crippen LogP contribution < -0.4 is 10.8 Å². The zero-order chi connectivity index (χ0) is 10.4. The van der Waals surface area contributed by atoms with E-state index in [0.29, 0.717) is 6.61 Å². The molecule has 0 amide bonds. The van der Waals surface area contributed by atoms with E-state index >= 15 is 0 Å². The molecule has 0 radical (unpaired) electrons. The molecule has 0 fully saturated rings. The van der Waals surface area contributed by atoms with E-state index in [9.17, 15) is 0 Å². The molecule has 0 spiro atoms. The molecule has 0 unspecified atom stereocenters. The lowest BCUT2D eigenvalue weighted by molar-refractivity contribution is 0.124. The smallest absolute Gasteiger partial charge is 0.0930 e. The molecular formula is C11H18N2O. The zero-order valence-electron chi connectivity index (χ0n) is 8.86. The van der Waals surface area contributed by atoms with Crippen molar-refractivity contribution in [1.82, 2.24) is 0 Å². The fraction of sp³-hybridized carbons (Fsp3) is 0.455. The van der Waals surface area contributed by atoms with Crippen molar-refractivity contribution < 1.29 is 4.84 Å². The van der Waals surface area contributed by atoms with Gasteiger partial charge in [0.15, 0.2) is 0 Å². The molecule has 2 N–H and O–H groups in total. The average molecular weight is 194 g/mol. The van der Waals surface area contributed by atoms with E-state index in [-0.39, 0.29) is 0 Å². The van der Waals surface area contributed by atoms with Gasteiger partial charge in [-0.1, -0.05) is 12.1 Å². The fourth-order valence-electron chi connectivity index (χ4n) is 1.49. The van der Waals surface area contributed by atoms with Gasteiger partial charge in [0.2, 0.25) is 0 Å². The average Bonchev–Trinajstić information content (AvgIpc) is 2.23. The molecule has 1 rings (SSSR count). The lowest BCUT2D eigenvalue weighted by Crippen LogP contribution is -2.21. The highest BCUT2D eigenvalue weighted by atomic mass is 16.6. The number of rotatable bonds is 5. The molecule has 0 saturated carbocycles. The highest BCUT2D eigenvalue weighted by Gasteiger charge is 2.00. The molecule has 0 aliphatic rings. The fourth-order valence-corrected chi connectivity index (χ4v) is 1.49. The molecule has 1 aromatic rings. The third kappa shape index (κ3) is 2.72. The van der Waals surface area contributed by atoms with Crippen LogP contribution in [0.25, 0.3) is 0 Å². The van der Waals surface area contributed by atoms with Gasteiger partial charge in [0.05, 0.1) is 6.61 Å². The van der Waals surface area contributed by atoms with E-state index in [4.69, 9.17) is 5.90 Å². The molecule has 0 aliphatic carbocycles. The maximum atomic E-state index is 5.00. The largest absolute Gasteiger partial charge is 0.372 e. The second-order valence-corrected chi connectivity index (χ2v) is 3.15. The minimum absolute atomic E-state index is 0.471. The van der Waals surface area contributed by atoms with Crippen LogP contribution in [-0.4, -0.2) is 13.1 Å². The second kappa shape index (κ2) is 5.62. The Bertz CT molecular complexity index is 254. The summed E-state index contributed by atoms with van der Waals surface area (Å²) < 4.78 is 0. The van der Waals surface area contributed by atoms with Crippen molar-refractivity contribution in [3.05, 3.63) is 29.8 Å². The molecule has 0 saturated heterocycles. The SMILES string of the molecule is CCN(CC)c1ccc(CON)cc1. The first-order valence-corrected chi connectivity index (χ1v) is 4.97. The second-order valence-electron chi connectivity index (χ2n) is 3.15. The molecule has 3 nitrogen and oxygen atoms in total. The summed E-state index contributed by atoms with van der Waals surface area (Å²) in [4.78, 5) is 6.87. The molecule has 3 heteroatoms. The number of benzene rings is 1. The van der Waals surface area contributed by atoms with Crippen LogP contribution >= 0.6 is 0 Å². The van der Waals surface area contributed by atoms with Gasteiger partial charge in [-0.05, 0) is 31.5 Å². The molecule has 0 aliphatic heterocycles. The van der Waals surface area contributed by atoms with E-state index in [1.54, 1.807) is 0 Å². The third-order valence-electron chi connectivity index (χ3n) is 2.31. The van der Waals surface area contributed by atoms with E-state index in [1.807, 2.05) is 12.1 Å². The Morgan fingerprint density at radius 3 is 2.14 bits per heavy atom. The van der Waals surface area contributed by atoms with E-state index in [1.165, 1.54) is 5.69 Å². The van der Waals surface area contributed by atoms with Crippen molar-refractivity contribution in [3.63, 3.8) is 0 Å². The molecule has 78 valence electrons. The number of nitrogens with two attached hydrogens (primary N) is 1. The van der Waals surface area contributed by atoms with Gasteiger partial charge < -0.3 is 4.90 Å². The van der Waals surface area contributed by atoms with Crippen molar-refractivity contribution in [2.45, 2.75) is 20.5 Å². The van der Waals surface area contributed by atoms with Gasteiger partial charge in [-0.15, -0.1) is 0 Å². The Hall–Kier alpha value is -1.06. The monoisotopic (exact) mass is 194 g/mol. The Balaban J connectivity index is 2.71. The van der Waals surface area contributed by atoms with E-state index < -0.39 is 0 Å². The third-order valence-corrected chi connectivity index (χ3v) is 2.31. The van der Waals surface area contributed by atoms with Crippen LogP contribution in [0.4, 0.5) is 5.69 Å². The summed E-state index contributed by atoms with van der Waals surface area (Å²) in [5.41, 5.74) is 2.35. The first kappa shape index (κ1) is 11.0. The van der Waals surface area contributed by atoms with Crippen LogP contribution in [0.3, 0.4) is 0 Å². The van der Waals surface area contributed by atoms with Crippen LogP contribution in [0.2, 0.25) is 0 Å². The molecule has 0 atom stereocenters. The van der Waals surface area contributed by atoms with Crippen molar-refractivity contribution >= 4 is 5.69 Å². The highest BCUT2D eigenvalue weighted by molar-refractivity contribution is 5.47. The van der Waals surface area contributed by atoms with Crippen molar-refractivity contribution in [2.75, 3.05) is 18.0 Å². The predicted molar refractivity (Wildman–Crippen MR) is 59.0 cm³/mol. The van der Waals surface area contributed by atoms with E-state index in [0.717, 1.165) is 18.7 Å². The van der Waals surface area contributed by atoms with Gasteiger partial charge in [-0.25, -0.2) is 5.90 Å². The maximum Gasteiger partial charge on any atom is 0.0930 e. The zero-order valence-corrected chi connectivity index (χ0v) is 8.86. The van der Waals surface area contributed by atoms with Crippen molar-refractivity contribution in [1.29, 1.82) is 0 Å². The molecule has 0 bridgehead atoms. The van der Waals surface area contributed by atoms with Gasteiger partial charge >= 0.3 is 0 Å². The molecular weight excluding hydrogens is 176 g/mol. The summed E-state index contributed by atoms with van der Waals surface area (Å²) in [5, 5.41) is 0. The Morgan fingerprint density at radius 2 is 1.71 bits per heavy atom. The maximum absolute atomic E-state index is 5.00. The molecule has 1 aromatic carbocycles. The summed E-state index contributed by atoms with van der Waals surface area (Å²) in [6.45, 7) is 6.84. The highest BCUT2D eigenvalue weighted by Crippen LogP contribution is 2.14. The lowest BCUT2D eigenvalue weighted by Gasteiger charge is -2.21. The predicted octanol–water partition coefficient (Wildman–Crippen LogP) is 1.92. The van der Waals surface area contributed by atoms with Gasteiger partial charge in [0.25, 0.3) is 0 Å². The van der Waals surface area contributed by atoms with Gasteiger partial charge in [0.1, 0.15) is 0 Å². The number of hydrogen-bond donors (Lipinski definition) is 1. The summed E-state index contributed by atoms with van der Waals surface area (Å²) in [6, 6.07) is 8.28. The number of anilines is 1. The molecule has 0 aromatic heterocycles. The van der Waals surface area contributed by atoms with Crippen LogP contribution in [-0.2, 0) is 11.4 Å². The summed E-state index contributed by atoms with van der Waals surface area (Å²) >= 11 is 0.